The van der Waals surface area contributed by atoms with Crippen LogP contribution in [0, 0.1) is 0 Å². The lowest BCUT2D eigenvalue weighted by molar-refractivity contribution is 1.12. The van der Waals surface area contributed by atoms with Gasteiger partial charge in [-0.1, -0.05) is 6.07 Å². The van der Waals surface area contributed by atoms with E-state index in [0.717, 1.165) is 10.6 Å². The molecule has 0 amide bonds. The summed E-state index contributed by atoms with van der Waals surface area (Å²) >= 11 is 1.66. The number of thioether (sulfide) groups is 1. The minimum absolute atomic E-state index is 0.404. The molecule has 1 aromatic heterocycles. The molecule has 8 heteroatoms. The zero-order valence-corrected chi connectivity index (χ0v) is 11.2. The second-order valence-electron chi connectivity index (χ2n) is 3.61. The Kier molecular flexibility index (Phi) is 4.39. The Bertz CT molecular complexity index is 538. The van der Waals surface area contributed by atoms with E-state index in [9.17, 15) is 0 Å². The molecule has 0 spiro atoms. The van der Waals surface area contributed by atoms with Crippen LogP contribution in [0.15, 0.2) is 35.2 Å². The van der Waals surface area contributed by atoms with Gasteiger partial charge in [-0.3, -0.25) is 0 Å². The largest absolute Gasteiger partial charge is 0.324 e. The first-order valence-electron chi connectivity index (χ1n) is 5.48. The van der Waals surface area contributed by atoms with Gasteiger partial charge < -0.3 is 16.2 Å². The van der Waals surface area contributed by atoms with E-state index in [4.69, 9.17) is 11.7 Å². The fraction of sp³-hybridized carbons (Fsp3) is 0.0909. The molecule has 0 atom stereocenters. The topological polar surface area (TPSA) is 114 Å². The summed E-state index contributed by atoms with van der Waals surface area (Å²) in [4.78, 5) is 9.53. The van der Waals surface area contributed by atoms with Gasteiger partial charge in [0, 0.05) is 16.6 Å². The molecule has 19 heavy (non-hydrogen) atoms. The first-order chi connectivity index (χ1) is 9.25. The zero-order valence-electron chi connectivity index (χ0n) is 10.3. The van der Waals surface area contributed by atoms with Crippen LogP contribution in [0.1, 0.15) is 0 Å². The number of hydrazine groups is 2. The Morgan fingerprint density at radius 2 is 1.74 bits per heavy atom. The number of benzene rings is 1. The average Bonchev–Trinajstić information content (AvgIpc) is 2.47. The summed E-state index contributed by atoms with van der Waals surface area (Å²) in [6.45, 7) is 0. The van der Waals surface area contributed by atoms with Crippen molar-refractivity contribution in [2.24, 2.45) is 11.7 Å². The minimum Gasteiger partial charge on any atom is -0.324 e. The highest BCUT2D eigenvalue weighted by Gasteiger charge is 2.04. The van der Waals surface area contributed by atoms with Gasteiger partial charge in [-0.2, -0.15) is 9.97 Å². The van der Waals surface area contributed by atoms with Crippen molar-refractivity contribution < 1.29 is 0 Å². The molecule has 0 aliphatic carbocycles. The SMILES string of the molecule is CSc1cccc(Nc2nc(NN)cc(NN)n2)c1. The predicted molar refractivity (Wildman–Crippen MR) is 79.2 cm³/mol. The first kappa shape index (κ1) is 13.4. The third kappa shape index (κ3) is 3.47. The van der Waals surface area contributed by atoms with Gasteiger partial charge in [0.05, 0.1) is 0 Å². The van der Waals surface area contributed by atoms with Crippen LogP contribution >= 0.6 is 11.8 Å². The number of hydrogen-bond acceptors (Lipinski definition) is 8. The van der Waals surface area contributed by atoms with E-state index in [0.29, 0.717) is 17.6 Å². The summed E-state index contributed by atoms with van der Waals surface area (Å²) in [7, 11) is 0. The van der Waals surface area contributed by atoms with Crippen molar-refractivity contribution >= 4 is 35.0 Å². The van der Waals surface area contributed by atoms with Gasteiger partial charge in [0.25, 0.3) is 0 Å². The average molecular weight is 277 g/mol. The van der Waals surface area contributed by atoms with Gasteiger partial charge in [-0.25, -0.2) is 11.7 Å². The zero-order chi connectivity index (χ0) is 13.7. The second-order valence-corrected chi connectivity index (χ2v) is 4.49. The van der Waals surface area contributed by atoms with Crippen molar-refractivity contribution in [2.45, 2.75) is 4.90 Å². The second kappa shape index (κ2) is 6.23. The maximum Gasteiger partial charge on any atom is 0.231 e. The molecule has 0 bridgehead atoms. The molecule has 0 aliphatic heterocycles. The van der Waals surface area contributed by atoms with Crippen LogP contribution in [0.2, 0.25) is 0 Å². The van der Waals surface area contributed by atoms with Crippen LogP contribution in [0.5, 0.6) is 0 Å². The number of nitrogen functional groups attached to an aromatic ring is 2. The van der Waals surface area contributed by atoms with E-state index < -0.39 is 0 Å². The molecule has 0 radical (unpaired) electrons. The van der Waals surface area contributed by atoms with Crippen molar-refractivity contribution in [3.05, 3.63) is 30.3 Å². The fourth-order valence-corrected chi connectivity index (χ4v) is 1.94. The van der Waals surface area contributed by atoms with E-state index in [1.807, 2.05) is 30.5 Å². The summed E-state index contributed by atoms with van der Waals surface area (Å²) in [5, 5.41) is 3.10. The van der Waals surface area contributed by atoms with Crippen LogP contribution in [0.3, 0.4) is 0 Å². The molecule has 0 aliphatic rings. The minimum atomic E-state index is 0.404. The Labute approximate surface area is 115 Å². The summed E-state index contributed by atoms with van der Waals surface area (Å²) in [5.41, 5.74) is 5.81. The lowest BCUT2D eigenvalue weighted by Gasteiger charge is -2.09. The maximum absolute atomic E-state index is 5.34. The summed E-state index contributed by atoms with van der Waals surface area (Å²) in [5.74, 6) is 12.0. The van der Waals surface area contributed by atoms with E-state index >= 15 is 0 Å². The van der Waals surface area contributed by atoms with Crippen molar-refractivity contribution in [2.75, 3.05) is 22.4 Å². The Balaban J connectivity index is 2.26. The molecule has 2 rings (SSSR count). The normalized spacial score (nSPS) is 10.1. The fourth-order valence-electron chi connectivity index (χ4n) is 1.48. The molecular weight excluding hydrogens is 262 g/mol. The number of nitrogens with one attached hydrogen (secondary N) is 3. The Hall–Kier alpha value is -2.03. The molecule has 7 N–H and O–H groups in total. The lowest BCUT2D eigenvalue weighted by Crippen LogP contribution is -2.14. The molecule has 7 nitrogen and oxygen atoms in total. The monoisotopic (exact) mass is 277 g/mol. The molecule has 1 heterocycles. The molecule has 1 aromatic carbocycles. The number of anilines is 4. The Morgan fingerprint density at radius 3 is 2.32 bits per heavy atom. The molecule has 2 aromatic rings. The van der Waals surface area contributed by atoms with E-state index in [1.54, 1.807) is 17.8 Å². The van der Waals surface area contributed by atoms with E-state index in [1.165, 1.54) is 0 Å². The van der Waals surface area contributed by atoms with Gasteiger partial charge >= 0.3 is 0 Å². The van der Waals surface area contributed by atoms with Crippen LogP contribution in [-0.4, -0.2) is 16.2 Å². The van der Waals surface area contributed by atoms with Crippen molar-refractivity contribution in [1.82, 2.24) is 9.97 Å². The van der Waals surface area contributed by atoms with Gasteiger partial charge in [-0.05, 0) is 24.5 Å². The smallest absolute Gasteiger partial charge is 0.231 e. The highest BCUT2D eigenvalue weighted by molar-refractivity contribution is 7.98. The van der Waals surface area contributed by atoms with Gasteiger partial charge in [0.2, 0.25) is 5.95 Å². The highest BCUT2D eigenvalue weighted by Crippen LogP contribution is 2.22. The van der Waals surface area contributed by atoms with Crippen molar-refractivity contribution in [3.8, 4) is 0 Å². The number of hydrogen-bond donors (Lipinski definition) is 5. The van der Waals surface area contributed by atoms with Gasteiger partial charge in [-0.15, -0.1) is 11.8 Å². The van der Waals surface area contributed by atoms with E-state index in [2.05, 4.69) is 26.1 Å². The van der Waals surface area contributed by atoms with Crippen molar-refractivity contribution in [1.29, 1.82) is 0 Å². The Morgan fingerprint density at radius 1 is 1.05 bits per heavy atom. The highest BCUT2D eigenvalue weighted by atomic mass is 32.2. The maximum atomic E-state index is 5.34. The van der Waals surface area contributed by atoms with Crippen molar-refractivity contribution in [3.63, 3.8) is 0 Å². The van der Waals surface area contributed by atoms with Gasteiger partial charge in [0.15, 0.2) is 0 Å². The quantitative estimate of drug-likeness (QED) is 0.317. The third-order valence-electron chi connectivity index (χ3n) is 2.35. The molecule has 0 unspecified atom stereocenters. The molecule has 0 saturated carbocycles. The number of rotatable bonds is 5. The molecule has 100 valence electrons. The predicted octanol–water partition coefficient (Wildman–Crippen LogP) is 1.51. The first-order valence-corrected chi connectivity index (χ1v) is 6.71. The summed E-state index contributed by atoms with van der Waals surface area (Å²) in [6.07, 6.45) is 2.02. The molecule has 0 saturated heterocycles. The van der Waals surface area contributed by atoms with Crippen LogP contribution in [0.4, 0.5) is 23.3 Å². The number of nitrogens with two attached hydrogens (primary N) is 2. The summed E-state index contributed by atoms with van der Waals surface area (Å²) in [6, 6.07) is 9.53. The standard InChI is InChI=1S/C11H15N7S/c1-19-8-4-2-3-7(5-8)14-11-15-9(17-12)6-10(16-11)18-13/h2-6H,12-13H2,1H3,(H3,14,15,16,17,18). The van der Waals surface area contributed by atoms with Gasteiger partial charge in [0.1, 0.15) is 11.6 Å². The van der Waals surface area contributed by atoms with Crippen LogP contribution < -0.4 is 27.9 Å². The number of aromatic nitrogens is 2. The third-order valence-corrected chi connectivity index (χ3v) is 3.07. The number of nitrogens with zero attached hydrogens (tertiary/aromatic N) is 2. The molecule has 0 fully saturated rings. The summed E-state index contributed by atoms with van der Waals surface area (Å²) < 4.78 is 0. The van der Waals surface area contributed by atoms with Crippen LogP contribution in [-0.2, 0) is 0 Å². The lowest BCUT2D eigenvalue weighted by atomic mass is 10.3. The molecular formula is C11H15N7S. The van der Waals surface area contributed by atoms with E-state index in [-0.39, 0.29) is 0 Å². The van der Waals surface area contributed by atoms with Crippen LogP contribution in [0.25, 0.3) is 0 Å².